The van der Waals surface area contributed by atoms with Crippen LogP contribution in [-0.4, -0.2) is 18.7 Å². The largest absolute Gasteiger partial charge is 0.453 e. The molecule has 4 bridgehead atoms. The molecular weight excluding hydrogens is 214 g/mol. The molecule has 4 aliphatic rings. The van der Waals surface area contributed by atoms with E-state index in [-0.39, 0.29) is 11.6 Å². The van der Waals surface area contributed by atoms with Gasteiger partial charge < -0.3 is 10.1 Å². The molecule has 4 fully saturated rings. The van der Waals surface area contributed by atoms with Gasteiger partial charge in [0.25, 0.3) is 0 Å². The Hall–Kier alpha value is -0.730. The molecule has 4 saturated carbocycles. The van der Waals surface area contributed by atoms with E-state index in [2.05, 4.69) is 12.2 Å². The van der Waals surface area contributed by atoms with Crippen molar-refractivity contribution >= 4 is 6.09 Å². The van der Waals surface area contributed by atoms with E-state index in [0.29, 0.717) is 5.41 Å². The summed E-state index contributed by atoms with van der Waals surface area (Å²) in [5, 5.41) is 3.17. The number of ether oxygens (including phenoxy) is 1. The molecule has 3 nitrogen and oxygen atoms in total. The monoisotopic (exact) mass is 237 g/mol. The van der Waals surface area contributed by atoms with E-state index in [9.17, 15) is 4.79 Å². The van der Waals surface area contributed by atoms with Crippen molar-refractivity contribution in [2.24, 2.45) is 17.3 Å². The van der Waals surface area contributed by atoms with E-state index < -0.39 is 0 Å². The molecule has 0 spiro atoms. The lowest BCUT2D eigenvalue weighted by Crippen LogP contribution is -2.63. The minimum atomic E-state index is -0.238. The number of amides is 1. The Bertz CT molecular complexity index is 325. The molecule has 0 aromatic heterocycles. The van der Waals surface area contributed by atoms with E-state index in [1.54, 1.807) is 0 Å². The first kappa shape index (κ1) is 11.4. The Morgan fingerprint density at radius 3 is 2.47 bits per heavy atom. The molecule has 0 aromatic carbocycles. The maximum Gasteiger partial charge on any atom is 0.407 e. The van der Waals surface area contributed by atoms with Crippen LogP contribution in [0.25, 0.3) is 0 Å². The fourth-order valence-corrected chi connectivity index (χ4v) is 5.28. The van der Waals surface area contributed by atoms with Crippen LogP contribution in [-0.2, 0) is 4.74 Å². The zero-order valence-electron chi connectivity index (χ0n) is 10.9. The van der Waals surface area contributed by atoms with Gasteiger partial charge in [-0.2, -0.15) is 0 Å². The van der Waals surface area contributed by atoms with Crippen LogP contribution in [0.3, 0.4) is 0 Å². The quantitative estimate of drug-likeness (QED) is 0.801. The maximum absolute atomic E-state index is 11.6. The lowest BCUT2D eigenvalue weighted by atomic mass is 9.46. The van der Waals surface area contributed by atoms with Crippen molar-refractivity contribution in [3.63, 3.8) is 0 Å². The molecule has 2 unspecified atom stereocenters. The molecule has 0 saturated heterocycles. The summed E-state index contributed by atoms with van der Waals surface area (Å²) in [5.74, 6) is 1.68. The second-order valence-corrected chi connectivity index (χ2v) is 6.71. The first-order chi connectivity index (χ1) is 8.09. The van der Waals surface area contributed by atoms with Gasteiger partial charge in [0.2, 0.25) is 0 Å². The number of hydrogen-bond donors (Lipinski definition) is 1. The van der Waals surface area contributed by atoms with Gasteiger partial charge >= 0.3 is 6.09 Å². The average Bonchev–Trinajstić information content (AvgIpc) is 2.26. The highest BCUT2D eigenvalue weighted by atomic mass is 16.5. The van der Waals surface area contributed by atoms with E-state index in [1.807, 2.05) is 0 Å². The molecule has 17 heavy (non-hydrogen) atoms. The number of rotatable bonds is 2. The van der Waals surface area contributed by atoms with Gasteiger partial charge in [0, 0.05) is 5.54 Å². The summed E-state index contributed by atoms with van der Waals surface area (Å²) in [4.78, 5) is 11.6. The first-order valence-corrected chi connectivity index (χ1v) is 6.95. The molecule has 96 valence electrons. The molecule has 0 aromatic rings. The predicted octanol–water partition coefficient (Wildman–Crippen LogP) is 3.09. The highest BCUT2D eigenvalue weighted by Gasteiger charge is 2.57. The van der Waals surface area contributed by atoms with E-state index in [1.165, 1.54) is 52.1 Å². The molecule has 4 aliphatic carbocycles. The summed E-state index contributed by atoms with van der Waals surface area (Å²) < 4.78 is 4.81. The van der Waals surface area contributed by atoms with Crippen LogP contribution in [0.5, 0.6) is 0 Å². The third-order valence-electron chi connectivity index (χ3n) is 5.48. The fraction of sp³-hybridized carbons (Fsp3) is 0.929. The van der Waals surface area contributed by atoms with E-state index in [0.717, 1.165) is 11.8 Å². The number of nitrogens with one attached hydrogen (secondary N) is 1. The molecule has 4 rings (SSSR count). The number of hydrogen-bond acceptors (Lipinski definition) is 2. The van der Waals surface area contributed by atoms with Gasteiger partial charge in [-0.15, -0.1) is 0 Å². The highest BCUT2D eigenvalue weighted by Crippen LogP contribution is 2.62. The number of carbonyl (C=O) groups excluding carboxylic acids is 1. The zero-order chi connectivity index (χ0) is 12.1. The van der Waals surface area contributed by atoms with E-state index in [4.69, 9.17) is 4.74 Å². The summed E-state index contributed by atoms with van der Waals surface area (Å²) in [6.07, 6.45) is 8.75. The zero-order valence-corrected chi connectivity index (χ0v) is 10.9. The first-order valence-electron chi connectivity index (χ1n) is 6.95. The Balaban J connectivity index is 1.84. The van der Waals surface area contributed by atoms with Crippen molar-refractivity contribution in [3.8, 4) is 0 Å². The third kappa shape index (κ3) is 1.74. The molecule has 3 heteroatoms. The Morgan fingerprint density at radius 1 is 1.29 bits per heavy atom. The summed E-state index contributed by atoms with van der Waals surface area (Å²) in [6.45, 7) is 2.32. The SMILES string of the molecule is CCC12C[C@H]3C[C@@H](C1)CC(NC(=O)OC)(C3)C2. The molecule has 0 aliphatic heterocycles. The standard InChI is InChI=1S/C14H23NO2/c1-3-13-5-10-4-11(6-13)8-14(7-10,9-13)15-12(16)17-2/h10-11H,3-9H2,1-2H3,(H,15,16)/t10-,11+,13?,14?. The van der Waals surface area contributed by atoms with Crippen LogP contribution >= 0.6 is 0 Å². The summed E-state index contributed by atoms with van der Waals surface area (Å²) in [5.41, 5.74) is 0.582. The average molecular weight is 237 g/mol. The van der Waals surface area contributed by atoms with Crippen molar-refractivity contribution in [1.82, 2.24) is 5.32 Å². The normalized spacial score (nSPS) is 46.9. The van der Waals surface area contributed by atoms with Crippen LogP contribution < -0.4 is 5.32 Å². The molecule has 0 radical (unpaired) electrons. The summed E-state index contributed by atoms with van der Waals surface area (Å²) >= 11 is 0. The van der Waals surface area contributed by atoms with Crippen LogP contribution in [0.4, 0.5) is 4.79 Å². The van der Waals surface area contributed by atoms with Crippen LogP contribution in [0.15, 0.2) is 0 Å². The number of alkyl carbamates (subject to hydrolysis) is 1. The minimum Gasteiger partial charge on any atom is -0.453 e. The molecule has 0 heterocycles. The Morgan fingerprint density at radius 2 is 1.94 bits per heavy atom. The molecule has 4 atom stereocenters. The highest BCUT2D eigenvalue weighted by molar-refractivity contribution is 5.68. The smallest absolute Gasteiger partial charge is 0.407 e. The van der Waals surface area contributed by atoms with Crippen LogP contribution in [0, 0.1) is 17.3 Å². The lowest BCUT2D eigenvalue weighted by Gasteiger charge is -2.62. The predicted molar refractivity (Wildman–Crippen MR) is 65.7 cm³/mol. The van der Waals surface area contributed by atoms with Crippen LogP contribution in [0.1, 0.15) is 51.9 Å². The van der Waals surface area contributed by atoms with Crippen molar-refractivity contribution in [3.05, 3.63) is 0 Å². The number of methoxy groups -OCH3 is 1. The van der Waals surface area contributed by atoms with Gasteiger partial charge in [-0.3, -0.25) is 0 Å². The second-order valence-electron chi connectivity index (χ2n) is 6.71. The lowest BCUT2D eigenvalue weighted by molar-refractivity contribution is -0.0807. The fourth-order valence-electron chi connectivity index (χ4n) is 5.28. The maximum atomic E-state index is 11.6. The van der Waals surface area contributed by atoms with Gasteiger partial charge in [0.05, 0.1) is 7.11 Å². The van der Waals surface area contributed by atoms with Gasteiger partial charge in [-0.05, 0) is 55.8 Å². The Kier molecular flexibility index (Phi) is 2.43. The number of carbonyl (C=O) groups is 1. The van der Waals surface area contributed by atoms with Gasteiger partial charge in [-0.25, -0.2) is 4.79 Å². The molecular formula is C14H23NO2. The summed E-state index contributed by atoms with van der Waals surface area (Å²) in [6, 6.07) is 0. The third-order valence-corrected chi connectivity index (χ3v) is 5.48. The van der Waals surface area contributed by atoms with Crippen molar-refractivity contribution < 1.29 is 9.53 Å². The van der Waals surface area contributed by atoms with E-state index >= 15 is 0 Å². The summed E-state index contributed by atoms with van der Waals surface area (Å²) in [7, 11) is 1.46. The second kappa shape index (κ2) is 3.63. The van der Waals surface area contributed by atoms with Gasteiger partial charge in [0.15, 0.2) is 0 Å². The van der Waals surface area contributed by atoms with Crippen molar-refractivity contribution in [2.45, 2.75) is 57.4 Å². The van der Waals surface area contributed by atoms with Gasteiger partial charge in [0.1, 0.15) is 0 Å². The van der Waals surface area contributed by atoms with Gasteiger partial charge in [-0.1, -0.05) is 13.3 Å². The Labute approximate surface area is 103 Å². The molecule has 1 N–H and O–H groups in total. The molecule has 1 amide bonds. The van der Waals surface area contributed by atoms with Crippen molar-refractivity contribution in [1.29, 1.82) is 0 Å². The topological polar surface area (TPSA) is 38.3 Å². The minimum absolute atomic E-state index is 0.0627. The van der Waals surface area contributed by atoms with Crippen LogP contribution in [0.2, 0.25) is 0 Å². The van der Waals surface area contributed by atoms with Crippen molar-refractivity contribution in [2.75, 3.05) is 7.11 Å².